The summed E-state index contributed by atoms with van der Waals surface area (Å²) in [6.07, 6.45) is 13.5. The lowest BCUT2D eigenvalue weighted by atomic mass is 9.43. The molecular formula is C50H66N4O2. The van der Waals surface area contributed by atoms with Gasteiger partial charge in [-0.15, -0.1) is 0 Å². The molecule has 17 saturated carbocycles. The van der Waals surface area contributed by atoms with Gasteiger partial charge < -0.3 is 21.3 Å². The maximum absolute atomic E-state index is 15.4. The quantitative estimate of drug-likeness (QED) is 0.267. The van der Waals surface area contributed by atoms with Crippen LogP contribution < -0.4 is 21.3 Å². The molecule has 30 atom stereocenters. The Balaban J connectivity index is 0.883. The minimum atomic E-state index is -0.819. The zero-order valence-corrected chi connectivity index (χ0v) is 33.4. The van der Waals surface area contributed by atoms with Crippen LogP contribution in [0, 0.1) is 195 Å². The van der Waals surface area contributed by atoms with Crippen molar-refractivity contribution in [2.45, 2.75) is 57.8 Å². The van der Waals surface area contributed by atoms with E-state index < -0.39 is 5.41 Å². The van der Waals surface area contributed by atoms with Crippen LogP contribution in [-0.2, 0) is 9.59 Å². The van der Waals surface area contributed by atoms with Gasteiger partial charge in [-0.2, -0.15) is 0 Å². The normalized spacial score (nSPS) is 72.6. The van der Waals surface area contributed by atoms with Gasteiger partial charge in [0.1, 0.15) is 5.41 Å². The Morgan fingerprint density at radius 3 is 0.929 bits per heavy atom. The van der Waals surface area contributed by atoms with Crippen LogP contribution in [0.4, 0.5) is 0 Å². The van der Waals surface area contributed by atoms with Crippen molar-refractivity contribution in [3.63, 3.8) is 0 Å². The van der Waals surface area contributed by atoms with Gasteiger partial charge in [-0.25, -0.2) is 0 Å². The maximum Gasteiger partial charge on any atom is 0.236 e. The van der Waals surface area contributed by atoms with Crippen LogP contribution in [0.15, 0.2) is 0 Å². The number of amides is 2. The summed E-state index contributed by atoms with van der Waals surface area (Å²) in [5, 5.41) is 14.3. The van der Waals surface area contributed by atoms with Crippen LogP contribution in [0.5, 0.6) is 0 Å². The van der Waals surface area contributed by atoms with E-state index in [4.69, 9.17) is 0 Å². The van der Waals surface area contributed by atoms with Gasteiger partial charge in [0, 0.05) is 26.2 Å². The third-order valence-corrected chi connectivity index (χ3v) is 26.7. The molecule has 56 heavy (non-hydrogen) atoms. The second-order valence-electron chi connectivity index (χ2n) is 25.6. The molecule has 18 fully saturated rings. The monoisotopic (exact) mass is 755 g/mol. The van der Waals surface area contributed by atoms with E-state index in [1.165, 1.54) is 25.7 Å². The molecule has 1 spiro atoms. The van der Waals surface area contributed by atoms with Gasteiger partial charge in [-0.05, 0) is 260 Å². The van der Waals surface area contributed by atoms with Crippen molar-refractivity contribution in [1.82, 2.24) is 21.3 Å². The predicted octanol–water partition coefficient (Wildman–Crippen LogP) is 4.86. The summed E-state index contributed by atoms with van der Waals surface area (Å²) in [4.78, 5) is 30.7. The van der Waals surface area contributed by atoms with Crippen molar-refractivity contribution >= 4 is 11.8 Å². The zero-order chi connectivity index (χ0) is 35.6. The standard InChI is InChI=1S/C50H66N4O2/c55-48-50(49(56)54-15-13-52-11-1-10-51-12-14-53-48)46-32-22-8-6-20-18-4-2-16-17-3-5-19-21-7-9-23-31-29(21)36-27(19)25(17)34-24(16)26(18)35-28(20)30(22)37-39(32)40(33(23)47(46)50)38(31)45-43(36)41(34)42(35)44(37)45/h16-47,51-52H,1-15H2,(H,53,55)(H,54,56). The second-order valence-corrected chi connectivity index (χ2v) is 25.6. The average molecular weight is 755 g/mol. The first-order valence-corrected chi connectivity index (χ1v) is 25.7. The minimum Gasteiger partial charge on any atom is -0.354 e. The smallest absolute Gasteiger partial charge is 0.236 e. The summed E-state index contributed by atoms with van der Waals surface area (Å²) in [6, 6.07) is 0. The van der Waals surface area contributed by atoms with Gasteiger partial charge in [0.05, 0.1) is 0 Å². The first-order chi connectivity index (χ1) is 27.7. The number of hydrogen-bond donors (Lipinski definition) is 4. The Morgan fingerprint density at radius 2 is 0.571 bits per heavy atom. The molecule has 0 aromatic heterocycles. The van der Waals surface area contributed by atoms with E-state index in [-0.39, 0.29) is 11.8 Å². The number of carbonyl (C=O) groups is 2. The van der Waals surface area contributed by atoms with Crippen molar-refractivity contribution in [1.29, 1.82) is 0 Å². The molecule has 4 N–H and O–H groups in total. The third-order valence-electron chi connectivity index (χ3n) is 26.7. The van der Waals surface area contributed by atoms with Gasteiger partial charge in [0.2, 0.25) is 11.8 Å². The van der Waals surface area contributed by atoms with Crippen LogP contribution in [0.3, 0.4) is 0 Å². The third kappa shape index (κ3) is 2.76. The first kappa shape index (κ1) is 30.8. The second kappa shape index (κ2) is 9.50. The molecule has 17 aliphatic carbocycles. The van der Waals surface area contributed by atoms with Crippen molar-refractivity contribution in [2.24, 2.45) is 195 Å². The molecule has 298 valence electrons. The highest BCUT2D eigenvalue weighted by molar-refractivity contribution is 6.09. The molecule has 1 heterocycles. The summed E-state index contributed by atoms with van der Waals surface area (Å²) in [7, 11) is 0. The summed E-state index contributed by atoms with van der Waals surface area (Å²) < 4.78 is 0. The van der Waals surface area contributed by atoms with Crippen LogP contribution in [0.25, 0.3) is 0 Å². The Morgan fingerprint density at radius 1 is 0.304 bits per heavy atom. The van der Waals surface area contributed by atoms with E-state index in [0.29, 0.717) is 36.8 Å². The summed E-state index contributed by atoms with van der Waals surface area (Å²) in [6.45, 7) is 4.92. The average Bonchev–Trinajstić information content (AvgIpc) is 3.79. The highest BCUT2D eigenvalue weighted by Crippen LogP contribution is 2.95. The number of nitrogens with one attached hydrogen (secondary N) is 4. The largest absolute Gasteiger partial charge is 0.354 e. The topological polar surface area (TPSA) is 82.3 Å². The fourth-order valence-corrected chi connectivity index (χ4v) is 28.1. The van der Waals surface area contributed by atoms with Crippen LogP contribution in [0.1, 0.15) is 57.8 Å². The molecule has 2 amide bonds. The number of rotatable bonds is 0. The molecular weight excluding hydrogens is 689 g/mol. The Hall–Kier alpha value is -1.14. The molecule has 30 unspecified atom stereocenters. The van der Waals surface area contributed by atoms with Crippen molar-refractivity contribution in [2.75, 3.05) is 39.3 Å². The molecule has 0 radical (unpaired) electrons. The van der Waals surface area contributed by atoms with Crippen molar-refractivity contribution in [3.8, 4) is 0 Å². The van der Waals surface area contributed by atoms with E-state index in [1.807, 2.05) is 0 Å². The lowest BCUT2D eigenvalue weighted by Gasteiger charge is -2.61. The van der Waals surface area contributed by atoms with Crippen LogP contribution in [-0.4, -0.2) is 51.1 Å². The molecule has 0 aromatic carbocycles. The maximum atomic E-state index is 15.4. The number of hydrogen-bond acceptors (Lipinski definition) is 4. The van der Waals surface area contributed by atoms with Crippen LogP contribution in [0.2, 0.25) is 0 Å². The molecule has 1 aliphatic heterocycles. The number of carbonyl (C=O) groups excluding carboxylic acids is 2. The summed E-state index contributed by atoms with van der Waals surface area (Å²) in [5.74, 6) is 31.1. The highest BCUT2D eigenvalue weighted by atomic mass is 16.2. The van der Waals surface area contributed by atoms with Crippen molar-refractivity contribution in [3.05, 3.63) is 0 Å². The summed E-state index contributed by atoms with van der Waals surface area (Å²) >= 11 is 0. The fourth-order valence-electron chi connectivity index (χ4n) is 28.1. The van der Waals surface area contributed by atoms with E-state index in [1.54, 1.807) is 25.7 Å². The zero-order valence-electron chi connectivity index (χ0n) is 33.4. The Kier molecular flexibility index (Phi) is 5.23. The van der Waals surface area contributed by atoms with E-state index in [2.05, 4.69) is 21.3 Å². The molecule has 0 aromatic rings. The van der Waals surface area contributed by atoms with Gasteiger partial charge in [0.25, 0.3) is 0 Å². The molecule has 18 rings (SSSR count). The molecule has 18 aliphatic rings. The van der Waals surface area contributed by atoms with Gasteiger partial charge in [-0.3, -0.25) is 9.59 Å². The van der Waals surface area contributed by atoms with Crippen LogP contribution >= 0.6 is 0 Å². The molecule has 0 bridgehead atoms. The Labute approximate surface area is 333 Å². The Bertz CT molecular complexity index is 1770. The number of fused-ring (bicyclic) bond motifs is 10. The van der Waals surface area contributed by atoms with Gasteiger partial charge >= 0.3 is 0 Å². The molecule has 6 nitrogen and oxygen atoms in total. The fraction of sp³-hybridized carbons (Fsp3) is 0.960. The van der Waals surface area contributed by atoms with E-state index in [0.717, 1.165) is 198 Å². The lowest BCUT2D eigenvalue weighted by molar-refractivity contribution is -0.148. The van der Waals surface area contributed by atoms with Gasteiger partial charge in [0.15, 0.2) is 0 Å². The van der Waals surface area contributed by atoms with E-state index >= 15 is 9.59 Å². The SMILES string of the molecule is O=C1NCCNCCCNCCNC(=O)C12C1C3C4CCC5C6CCC7C8CCC9C%10CCC%11C%12C%10C%10C9C8C8C7C6C6C5C4C4C5C6C8C%10C5C%12C(C43)C%11C12. The molecule has 1 saturated heterocycles. The first-order valence-electron chi connectivity index (χ1n) is 25.7. The minimum absolute atomic E-state index is 0.167. The van der Waals surface area contributed by atoms with Gasteiger partial charge in [-0.1, -0.05) is 0 Å². The molecule has 6 heteroatoms. The summed E-state index contributed by atoms with van der Waals surface area (Å²) in [5.41, 5.74) is -0.819. The van der Waals surface area contributed by atoms with E-state index in [9.17, 15) is 0 Å². The predicted molar refractivity (Wildman–Crippen MR) is 207 cm³/mol. The highest BCUT2D eigenvalue weighted by Gasteiger charge is 2.93. The van der Waals surface area contributed by atoms with Crippen molar-refractivity contribution < 1.29 is 9.59 Å². The lowest BCUT2D eigenvalue weighted by Crippen LogP contribution is -2.58.